The second kappa shape index (κ2) is 15.1. The van der Waals surface area contributed by atoms with Crippen molar-refractivity contribution in [2.45, 2.75) is 70.0 Å². The number of amides is 1. The number of carbonyl (C=O) groups excluding carboxylic acids is 1. The topological polar surface area (TPSA) is 184 Å². The summed E-state index contributed by atoms with van der Waals surface area (Å²) in [4.78, 5) is 28.6. The molecule has 0 radical (unpaired) electrons. The van der Waals surface area contributed by atoms with Crippen LogP contribution in [0.2, 0.25) is 0 Å². The van der Waals surface area contributed by atoms with Crippen LogP contribution in [0.15, 0.2) is 41.4 Å². The van der Waals surface area contributed by atoms with Crippen molar-refractivity contribution < 1.29 is 36.3 Å². The summed E-state index contributed by atoms with van der Waals surface area (Å²) in [5.41, 5.74) is 1.82. The summed E-state index contributed by atoms with van der Waals surface area (Å²) < 4.78 is 61.5. The maximum atomic E-state index is 13.0. The number of aromatic nitrogens is 1. The second-order valence-corrected chi connectivity index (χ2v) is 14.4. The molecule has 1 aliphatic rings. The molecule has 15 heteroatoms. The number of sulfonamides is 2. The van der Waals surface area contributed by atoms with Gasteiger partial charge in [-0.1, -0.05) is 37.1 Å². The van der Waals surface area contributed by atoms with E-state index in [2.05, 4.69) is 20.3 Å². The molecule has 1 aliphatic heterocycles. The fraction of sp³-hybridized carbons (Fsp3) is 0.536. The van der Waals surface area contributed by atoms with E-state index in [1.165, 1.54) is 4.31 Å². The lowest BCUT2D eigenvalue weighted by atomic mass is 10.1. The Hall–Kier alpha value is -3.11. The third kappa shape index (κ3) is 9.69. The van der Waals surface area contributed by atoms with E-state index in [1.54, 1.807) is 44.3 Å². The van der Waals surface area contributed by atoms with Crippen LogP contribution in [-0.2, 0) is 34.4 Å². The fourth-order valence-corrected chi connectivity index (χ4v) is 8.64. The van der Waals surface area contributed by atoms with Gasteiger partial charge in [-0.3, -0.25) is 9.59 Å². The molecule has 1 aromatic heterocycles. The van der Waals surface area contributed by atoms with Crippen LogP contribution >= 0.6 is 0 Å². The number of nitrogens with zero attached hydrogens (tertiary/aromatic N) is 2. The molecule has 0 bridgehead atoms. The number of aliphatic carboxylic acids is 1. The third-order valence-corrected chi connectivity index (χ3v) is 10.8. The molecule has 0 spiro atoms. The monoisotopic (exact) mass is 639 g/mol. The average Bonchev–Trinajstić information content (AvgIpc) is 3.35. The molecule has 1 fully saturated rings. The number of ether oxygens (including phenoxy) is 1. The fourth-order valence-electron chi connectivity index (χ4n) is 5.10. The minimum atomic E-state index is -4.20. The summed E-state index contributed by atoms with van der Waals surface area (Å²) in [5, 5.41) is 15.2. The van der Waals surface area contributed by atoms with Crippen molar-refractivity contribution in [1.82, 2.24) is 19.3 Å². The highest BCUT2D eigenvalue weighted by Crippen LogP contribution is 2.25. The number of benzene rings is 1. The Morgan fingerprint density at radius 1 is 1.14 bits per heavy atom. The Morgan fingerprint density at radius 2 is 1.84 bits per heavy atom. The molecule has 13 nitrogen and oxygen atoms in total. The lowest BCUT2D eigenvalue weighted by Gasteiger charge is -2.24. The van der Waals surface area contributed by atoms with Crippen molar-refractivity contribution in [2.75, 3.05) is 37.3 Å². The van der Waals surface area contributed by atoms with Crippen molar-refractivity contribution in [3.8, 4) is 0 Å². The maximum absolute atomic E-state index is 13.0. The third-order valence-electron chi connectivity index (χ3n) is 7.05. The minimum Gasteiger partial charge on any atom is -0.480 e. The van der Waals surface area contributed by atoms with Gasteiger partial charge in [-0.05, 0) is 56.9 Å². The molecule has 0 saturated carbocycles. The van der Waals surface area contributed by atoms with E-state index in [-0.39, 0.29) is 17.2 Å². The molecule has 238 valence electrons. The van der Waals surface area contributed by atoms with Gasteiger partial charge in [0.05, 0.1) is 16.8 Å². The summed E-state index contributed by atoms with van der Waals surface area (Å²) >= 11 is 0. The molecule has 4 N–H and O–H groups in total. The molecule has 2 heterocycles. The van der Waals surface area contributed by atoms with E-state index in [9.17, 15) is 31.5 Å². The molecule has 43 heavy (non-hydrogen) atoms. The number of pyridine rings is 1. The largest absolute Gasteiger partial charge is 0.480 e. The molecule has 3 rings (SSSR count). The van der Waals surface area contributed by atoms with Gasteiger partial charge in [-0.15, -0.1) is 0 Å². The Balaban J connectivity index is 1.59. The first-order chi connectivity index (χ1) is 20.2. The number of anilines is 1. The summed E-state index contributed by atoms with van der Waals surface area (Å²) in [7, 11) is -7.77. The van der Waals surface area contributed by atoms with Crippen LogP contribution in [0.25, 0.3) is 0 Å². The summed E-state index contributed by atoms with van der Waals surface area (Å²) in [5.74, 6) is -1.51. The SMILES string of the molecule is CCCCS(=O)(=O)N1CC(OCC(=O)NCC(NS(=O)(=O)c2c(C)cc(C)cc2C)C(=O)O)CC1CNc1ccccn1. The molecule has 0 aliphatic carbocycles. The predicted molar refractivity (Wildman–Crippen MR) is 162 cm³/mol. The predicted octanol–water partition coefficient (Wildman–Crippen LogP) is 1.56. The highest BCUT2D eigenvalue weighted by molar-refractivity contribution is 7.89. The molecule has 3 unspecified atom stereocenters. The van der Waals surface area contributed by atoms with Gasteiger partial charge in [0.2, 0.25) is 26.0 Å². The highest BCUT2D eigenvalue weighted by atomic mass is 32.2. The average molecular weight is 640 g/mol. The maximum Gasteiger partial charge on any atom is 0.323 e. The van der Waals surface area contributed by atoms with Gasteiger partial charge in [0, 0.05) is 31.9 Å². The second-order valence-electron chi connectivity index (χ2n) is 10.7. The standard InChI is InChI=1S/C28H41N5O8S2/c1-5-6-11-42(37,38)33-17-23(14-22(33)15-30-25-9-7-8-10-29-25)41-18-26(34)31-16-24(28(35)36)32-43(39,40)27-20(3)12-19(2)13-21(27)4/h7-10,12-13,22-24,32H,5-6,11,14-18H2,1-4H3,(H,29,30)(H,31,34)(H,35,36). The normalized spacial score (nSPS) is 18.3. The van der Waals surface area contributed by atoms with E-state index in [4.69, 9.17) is 4.74 Å². The van der Waals surface area contributed by atoms with Crippen molar-refractivity contribution in [3.05, 3.63) is 53.2 Å². The van der Waals surface area contributed by atoms with Crippen molar-refractivity contribution >= 4 is 37.7 Å². The van der Waals surface area contributed by atoms with Gasteiger partial charge in [0.1, 0.15) is 18.5 Å². The van der Waals surface area contributed by atoms with Crippen molar-refractivity contribution in [2.24, 2.45) is 0 Å². The number of unbranched alkanes of at least 4 members (excludes halogenated alkanes) is 1. The number of carboxylic acids is 1. The first kappa shape index (κ1) is 34.4. The smallest absolute Gasteiger partial charge is 0.323 e. The molecule has 2 aromatic rings. The molecule has 1 saturated heterocycles. The quantitative estimate of drug-likeness (QED) is 0.210. The molecule has 1 aromatic carbocycles. The summed E-state index contributed by atoms with van der Waals surface area (Å²) in [6.07, 6.45) is 2.64. The minimum absolute atomic E-state index is 0.00488. The first-order valence-corrected chi connectivity index (χ1v) is 17.2. The van der Waals surface area contributed by atoms with E-state index in [1.807, 2.05) is 19.9 Å². The number of nitrogens with one attached hydrogen (secondary N) is 3. The highest BCUT2D eigenvalue weighted by Gasteiger charge is 2.40. The number of aryl methyl sites for hydroxylation is 3. The number of carbonyl (C=O) groups is 2. The van der Waals surface area contributed by atoms with E-state index in [0.29, 0.717) is 36.3 Å². The van der Waals surface area contributed by atoms with Crippen LogP contribution in [0, 0.1) is 20.8 Å². The number of rotatable bonds is 16. The zero-order valence-corrected chi connectivity index (χ0v) is 26.5. The van der Waals surface area contributed by atoms with E-state index >= 15 is 0 Å². The summed E-state index contributed by atoms with van der Waals surface area (Å²) in [6, 6.07) is 6.70. The van der Waals surface area contributed by atoms with Gasteiger partial charge in [0.25, 0.3) is 0 Å². The number of hydrogen-bond acceptors (Lipinski definition) is 9. The van der Waals surface area contributed by atoms with Crippen LogP contribution < -0.4 is 15.4 Å². The molecule has 1 amide bonds. The lowest BCUT2D eigenvalue weighted by molar-refractivity contribution is -0.139. The Morgan fingerprint density at radius 3 is 2.44 bits per heavy atom. The summed E-state index contributed by atoms with van der Waals surface area (Å²) in [6.45, 7) is 6.39. The van der Waals surface area contributed by atoms with E-state index in [0.717, 1.165) is 12.0 Å². The molecular formula is C28H41N5O8S2. The zero-order valence-electron chi connectivity index (χ0n) is 24.9. The van der Waals surface area contributed by atoms with Crippen LogP contribution in [0.3, 0.4) is 0 Å². The van der Waals surface area contributed by atoms with Crippen LogP contribution in [0.5, 0.6) is 0 Å². The lowest BCUT2D eigenvalue weighted by Crippen LogP contribution is -2.49. The van der Waals surface area contributed by atoms with Crippen molar-refractivity contribution in [3.63, 3.8) is 0 Å². The Kier molecular flexibility index (Phi) is 12.0. The van der Waals surface area contributed by atoms with Gasteiger partial charge in [-0.2, -0.15) is 9.03 Å². The molecule has 3 atom stereocenters. The van der Waals surface area contributed by atoms with Gasteiger partial charge in [0.15, 0.2) is 0 Å². The van der Waals surface area contributed by atoms with Gasteiger partial charge < -0.3 is 20.5 Å². The molecular weight excluding hydrogens is 598 g/mol. The van der Waals surface area contributed by atoms with Crippen molar-refractivity contribution in [1.29, 1.82) is 0 Å². The number of carboxylic acid groups (broad SMARTS) is 1. The van der Waals surface area contributed by atoms with E-state index < -0.39 is 63.3 Å². The Labute approximate surface area is 253 Å². The van der Waals surface area contributed by atoms with Crippen LogP contribution in [0.4, 0.5) is 5.82 Å². The Bertz CT molecular complexity index is 1460. The van der Waals surface area contributed by atoms with Crippen LogP contribution in [-0.4, -0.2) is 93.3 Å². The van der Waals surface area contributed by atoms with Gasteiger partial charge in [-0.25, -0.2) is 21.8 Å². The zero-order chi connectivity index (χ0) is 31.8. The first-order valence-electron chi connectivity index (χ1n) is 14.1. The number of hydrogen-bond donors (Lipinski definition) is 4. The van der Waals surface area contributed by atoms with Gasteiger partial charge >= 0.3 is 5.97 Å². The van der Waals surface area contributed by atoms with Crippen LogP contribution in [0.1, 0.15) is 42.9 Å².